The third-order valence-electron chi connectivity index (χ3n) is 19.3. The van der Waals surface area contributed by atoms with Gasteiger partial charge in [-0.3, -0.25) is 0 Å². The molecule has 0 unspecified atom stereocenters. The second-order valence-corrected chi connectivity index (χ2v) is 26.5. The van der Waals surface area contributed by atoms with Crippen LogP contribution in [0.1, 0.15) is 6.92 Å². The van der Waals surface area contributed by atoms with Crippen LogP contribution in [-0.4, -0.2) is 497 Å². The highest BCUT2D eigenvalue weighted by Crippen LogP contribution is 2.38. The fourth-order valence-corrected chi connectivity index (χ4v) is 12.8. The van der Waals surface area contributed by atoms with E-state index in [4.69, 9.17) is 85.3 Å². The fourth-order valence-electron chi connectivity index (χ4n) is 12.8. The second kappa shape index (κ2) is 37.6. The van der Waals surface area contributed by atoms with Crippen LogP contribution in [-0.2, 0) is 85.3 Å². The van der Waals surface area contributed by atoms with E-state index in [1.807, 2.05) is 0 Å². The molecule has 0 spiro atoms. The average molecular weight is 1540 g/mol. The number of aliphatic hydroxyl groups is 29. The van der Waals surface area contributed by atoms with E-state index in [0.717, 1.165) is 0 Å². The summed E-state index contributed by atoms with van der Waals surface area (Å²) in [5.74, 6) is 0. The number of aliphatic hydroxyl groups excluding tert-OH is 29. The molecular formula is C57H98O47. The van der Waals surface area contributed by atoms with Crippen molar-refractivity contribution in [2.24, 2.45) is 0 Å². The molecule has 0 amide bonds. The molecule has 9 aliphatic rings. The Kier molecular flexibility index (Phi) is 31.2. The van der Waals surface area contributed by atoms with Crippen LogP contribution in [0, 0.1) is 0 Å². The van der Waals surface area contributed by atoms with Crippen molar-refractivity contribution in [3.05, 3.63) is 0 Å². The zero-order valence-electron chi connectivity index (χ0n) is 54.9. The molecule has 9 heterocycles. The van der Waals surface area contributed by atoms with Gasteiger partial charge < -0.3 is 233 Å². The van der Waals surface area contributed by atoms with Gasteiger partial charge in [-0.2, -0.15) is 0 Å². The summed E-state index contributed by atoms with van der Waals surface area (Å²) in [4.78, 5) is 0. The van der Waals surface area contributed by atoms with Gasteiger partial charge in [-0.05, 0) is 6.92 Å². The van der Waals surface area contributed by atoms with Crippen LogP contribution in [0.3, 0.4) is 0 Å². The zero-order chi connectivity index (χ0) is 76.4. The van der Waals surface area contributed by atoms with E-state index in [1.54, 1.807) is 0 Å². The van der Waals surface area contributed by atoms with Gasteiger partial charge in [0.05, 0.1) is 72.2 Å². The molecule has 0 radical (unpaired) electrons. The van der Waals surface area contributed by atoms with E-state index in [1.165, 1.54) is 6.92 Å². The topological polar surface area (TPSA) is 753 Å². The summed E-state index contributed by atoms with van der Waals surface area (Å²) in [7, 11) is 0. The maximum atomic E-state index is 12.2. The van der Waals surface area contributed by atoms with E-state index in [2.05, 4.69) is 0 Å². The van der Waals surface area contributed by atoms with Gasteiger partial charge in [0.25, 0.3) is 0 Å². The van der Waals surface area contributed by atoms with E-state index < -0.39 is 349 Å². The predicted octanol–water partition coefficient (Wildman–Crippen LogP) is -20.2. The van der Waals surface area contributed by atoms with Gasteiger partial charge in [-0.1, -0.05) is 0 Å². The largest absolute Gasteiger partial charge is 0.394 e. The van der Waals surface area contributed by atoms with Crippen molar-refractivity contribution < 1.29 is 233 Å². The first-order valence-corrected chi connectivity index (χ1v) is 33.2. The summed E-state index contributed by atoms with van der Waals surface area (Å²) in [6, 6.07) is 0. The maximum absolute atomic E-state index is 12.2. The summed E-state index contributed by atoms with van der Waals surface area (Å²) in [5, 5.41) is 315. The van der Waals surface area contributed by atoms with Crippen molar-refractivity contribution >= 4 is 0 Å². The molecule has 0 aromatic heterocycles. The number of hydrogen-bond donors (Lipinski definition) is 29. The molecule has 0 bridgehead atoms. The quantitative estimate of drug-likeness (QED) is 0.0346. The molecular weight excluding hydrogens is 1440 g/mol. The monoisotopic (exact) mass is 1530 g/mol. The molecule has 0 aromatic carbocycles. The number of rotatable bonds is 28. The predicted molar refractivity (Wildman–Crippen MR) is 312 cm³/mol. The van der Waals surface area contributed by atoms with E-state index in [9.17, 15) is 148 Å². The Labute approximate surface area is 587 Å². The normalized spacial score (nSPS) is 51.2. The van der Waals surface area contributed by atoms with E-state index in [0.29, 0.717) is 0 Å². The Balaban J connectivity index is 1.02. The van der Waals surface area contributed by atoms with Crippen LogP contribution >= 0.6 is 0 Å². The molecule has 608 valence electrons. The highest BCUT2D eigenvalue weighted by Gasteiger charge is 2.59. The Hall–Kier alpha value is -1.88. The van der Waals surface area contributed by atoms with Gasteiger partial charge >= 0.3 is 0 Å². The van der Waals surface area contributed by atoms with Crippen LogP contribution in [0.5, 0.6) is 0 Å². The maximum Gasteiger partial charge on any atom is 0.187 e. The van der Waals surface area contributed by atoms with Crippen LogP contribution in [0.2, 0.25) is 0 Å². The molecule has 46 atom stereocenters. The molecule has 9 fully saturated rings. The Morgan fingerprint density at radius 3 is 1.09 bits per heavy atom. The zero-order valence-corrected chi connectivity index (χ0v) is 54.9. The fraction of sp³-hybridized carbons (Fsp3) is 1.00. The van der Waals surface area contributed by atoms with Crippen molar-refractivity contribution in [3.63, 3.8) is 0 Å². The summed E-state index contributed by atoms with van der Waals surface area (Å²) in [6.07, 6.45) is -94.9. The Bertz CT molecular complexity index is 2550. The van der Waals surface area contributed by atoms with Crippen molar-refractivity contribution in [2.45, 2.75) is 289 Å². The second-order valence-electron chi connectivity index (χ2n) is 26.5. The summed E-state index contributed by atoms with van der Waals surface area (Å²) >= 11 is 0. The van der Waals surface area contributed by atoms with Gasteiger partial charge in [0.1, 0.15) is 220 Å². The minimum absolute atomic E-state index is 0.555. The lowest BCUT2D eigenvalue weighted by atomic mass is 9.95. The first-order valence-electron chi connectivity index (χ1n) is 33.2. The first-order chi connectivity index (χ1) is 49.2. The van der Waals surface area contributed by atoms with Crippen molar-refractivity contribution in [3.8, 4) is 0 Å². The smallest absolute Gasteiger partial charge is 0.187 e. The first kappa shape index (κ1) is 86.1. The number of ether oxygens (including phenoxy) is 18. The van der Waals surface area contributed by atoms with Crippen molar-refractivity contribution in [1.82, 2.24) is 0 Å². The third kappa shape index (κ3) is 18.9. The highest BCUT2D eigenvalue weighted by molar-refractivity contribution is 5.01. The van der Waals surface area contributed by atoms with Crippen molar-refractivity contribution in [1.29, 1.82) is 0 Å². The molecule has 0 aromatic rings. The molecule has 9 rings (SSSR count). The van der Waals surface area contributed by atoms with Gasteiger partial charge in [-0.25, -0.2) is 0 Å². The lowest BCUT2D eigenvalue weighted by molar-refractivity contribution is -0.397. The minimum atomic E-state index is -2.54. The van der Waals surface area contributed by atoms with E-state index >= 15 is 0 Å². The lowest BCUT2D eigenvalue weighted by Gasteiger charge is -2.49. The standard InChI is InChI=1S/C57H98O47/c1-12-23(67)31(75)38(82)50(93-12)103-48-34(78)29(73)19(5-61)95-57(48)104-47-27(71)17(66)8-89-56(47)92-10-21-45(35(79)41(85)53(97-21)99-43(14(63)3-59)25(69)13(62)2-58)101-54-42(86)36(80)44(100-52-40(84)33(77)30(74)20(96-52)9-90-49-37(81)24(68)15(64)6-87-49)22(98-54)11-91-55-46(26(70)16(65)7-88-55)102-51-39(83)32(76)28(72)18(4-60)94-51/h12-86H,2-11H2,1H3/t12-,13-,14+,15+,16+,17+,18+,19+,20+,21+,22+,23+,24-,25+,26-,27-,28-,29-,30+,31+,32-,33-,34-,35+,36+,37+,38-,39+,40+,41+,42+,43+,44+,45+,46+,47+,48+,49+,50-,51-,52-,53-,54-,55+,56+,57-/m0/s1. The lowest BCUT2D eigenvalue weighted by Crippen LogP contribution is -2.67. The van der Waals surface area contributed by atoms with Gasteiger partial charge in [0.15, 0.2) is 56.6 Å². The highest BCUT2D eigenvalue weighted by atomic mass is 16.8. The third-order valence-corrected chi connectivity index (χ3v) is 19.3. The summed E-state index contributed by atoms with van der Waals surface area (Å²) < 4.78 is 104. The molecule has 47 nitrogen and oxygen atoms in total. The van der Waals surface area contributed by atoms with Crippen LogP contribution < -0.4 is 0 Å². The summed E-state index contributed by atoms with van der Waals surface area (Å²) in [6.45, 7) is -8.45. The Morgan fingerprint density at radius 2 is 0.606 bits per heavy atom. The molecule has 104 heavy (non-hydrogen) atoms. The Morgan fingerprint density at radius 1 is 0.288 bits per heavy atom. The molecule has 47 heteroatoms. The molecule has 9 saturated heterocycles. The SMILES string of the molecule is C[C@@H]1O[C@@H](O[C@H]2[C@H](O[C@H]3[C@@H](OC[C@H]4O[C@@H](O[C@@H]([C@H](O)[C@@H](O)CO)[C@H](O)CO)[C@H](O)[C@@H](O)[C@@H]4O[C@@H]4O[C@H](CO[C@H]5OC[C@@H](O)[C@H](O)[C@H]5O[C@@H]5O[C@H](CO)[C@H](O)[C@H](O)[C@H]5O)[C@@H](O[C@@H]5O[C@H](CO[C@H]6OC[C@@H](O)[C@H](O)[C@H]6O)[C@@H](O)[C@H](O)[C@H]5O)[C@H](O)[C@H]4O)OC[C@@H](O)[C@@H]3O)O[C@H](CO)[C@H](O)[C@@H]2O)[C@@H](O)[C@H](O)[C@@H]1O. The number of hydrogen-bond acceptors (Lipinski definition) is 47. The van der Waals surface area contributed by atoms with Crippen LogP contribution in [0.15, 0.2) is 0 Å². The molecule has 29 N–H and O–H groups in total. The van der Waals surface area contributed by atoms with Gasteiger partial charge in [0.2, 0.25) is 0 Å². The van der Waals surface area contributed by atoms with Gasteiger partial charge in [0, 0.05) is 0 Å². The van der Waals surface area contributed by atoms with Gasteiger partial charge in [-0.15, -0.1) is 0 Å². The molecule has 9 aliphatic heterocycles. The summed E-state index contributed by atoms with van der Waals surface area (Å²) in [5.41, 5.74) is 0. The minimum Gasteiger partial charge on any atom is -0.394 e. The average Bonchev–Trinajstić information content (AvgIpc) is 0.778. The van der Waals surface area contributed by atoms with Crippen LogP contribution in [0.25, 0.3) is 0 Å². The van der Waals surface area contributed by atoms with E-state index in [-0.39, 0.29) is 0 Å². The molecule has 0 aliphatic carbocycles. The van der Waals surface area contributed by atoms with Crippen molar-refractivity contribution in [2.75, 3.05) is 66.1 Å². The van der Waals surface area contributed by atoms with Crippen LogP contribution in [0.4, 0.5) is 0 Å². The molecule has 0 saturated carbocycles.